The molecule has 1 aliphatic heterocycles. The second-order valence-corrected chi connectivity index (χ2v) is 4.32. The zero-order valence-electron chi connectivity index (χ0n) is 9.61. The van der Waals surface area contributed by atoms with E-state index in [1.807, 2.05) is 18.7 Å². The Labute approximate surface area is 91.1 Å². The van der Waals surface area contributed by atoms with Crippen molar-refractivity contribution in [3.05, 3.63) is 17.5 Å². The molecule has 2 heterocycles. The highest BCUT2D eigenvalue weighted by Gasteiger charge is 2.27. The topological polar surface area (TPSA) is 47.1 Å². The average Bonchev–Trinajstić information content (AvgIpc) is 2.73. The molecule has 0 amide bonds. The monoisotopic (exact) mass is 208 g/mol. The van der Waals surface area contributed by atoms with Crippen molar-refractivity contribution in [2.75, 3.05) is 19.6 Å². The van der Waals surface area contributed by atoms with E-state index in [1.54, 1.807) is 0 Å². The second-order valence-electron chi connectivity index (χ2n) is 4.32. The zero-order valence-corrected chi connectivity index (χ0v) is 9.61. The zero-order chi connectivity index (χ0) is 10.8. The van der Waals surface area contributed by atoms with Gasteiger partial charge in [0.2, 0.25) is 0 Å². The normalized spacial score (nSPS) is 22.5. The van der Waals surface area contributed by atoms with E-state index in [0.29, 0.717) is 6.04 Å². The Bertz CT molecular complexity index is 331. The predicted octanol–water partition coefficient (Wildman–Crippen LogP) is 0.824. The minimum Gasteiger partial charge on any atom is -0.329 e. The van der Waals surface area contributed by atoms with Gasteiger partial charge >= 0.3 is 0 Å². The summed E-state index contributed by atoms with van der Waals surface area (Å²) in [5, 5.41) is 4.41. The highest BCUT2D eigenvalue weighted by Crippen LogP contribution is 2.31. The van der Waals surface area contributed by atoms with Crippen molar-refractivity contribution < 1.29 is 0 Å². The Morgan fingerprint density at radius 2 is 2.40 bits per heavy atom. The van der Waals surface area contributed by atoms with Crippen molar-refractivity contribution in [2.45, 2.75) is 25.8 Å². The summed E-state index contributed by atoms with van der Waals surface area (Å²) in [4.78, 5) is 2.47. The summed E-state index contributed by atoms with van der Waals surface area (Å²) < 4.78 is 2.01. The van der Waals surface area contributed by atoms with Crippen molar-refractivity contribution in [3.63, 3.8) is 0 Å². The van der Waals surface area contributed by atoms with Crippen LogP contribution in [0.25, 0.3) is 0 Å². The maximum Gasteiger partial charge on any atom is 0.0597 e. The van der Waals surface area contributed by atoms with E-state index in [1.165, 1.54) is 25.1 Å². The fourth-order valence-electron chi connectivity index (χ4n) is 2.54. The highest BCUT2D eigenvalue weighted by molar-refractivity contribution is 5.14. The van der Waals surface area contributed by atoms with Crippen molar-refractivity contribution in [2.24, 2.45) is 12.8 Å². The van der Waals surface area contributed by atoms with Crippen LogP contribution in [0.15, 0.2) is 6.07 Å². The van der Waals surface area contributed by atoms with Crippen LogP contribution in [0.4, 0.5) is 0 Å². The van der Waals surface area contributed by atoms with Gasteiger partial charge in [-0.25, -0.2) is 0 Å². The number of nitrogens with two attached hydrogens (primary N) is 1. The fraction of sp³-hybridized carbons (Fsp3) is 0.727. The third kappa shape index (κ3) is 2.06. The van der Waals surface area contributed by atoms with E-state index in [0.717, 1.165) is 18.8 Å². The minimum atomic E-state index is 0.528. The van der Waals surface area contributed by atoms with Gasteiger partial charge in [0, 0.05) is 20.1 Å². The first-order valence-electron chi connectivity index (χ1n) is 5.67. The van der Waals surface area contributed by atoms with Crippen LogP contribution in [0.1, 0.15) is 30.3 Å². The quantitative estimate of drug-likeness (QED) is 0.800. The fourth-order valence-corrected chi connectivity index (χ4v) is 2.54. The summed E-state index contributed by atoms with van der Waals surface area (Å²) in [5.74, 6) is 0. The molecule has 0 bridgehead atoms. The smallest absolute Gasteiger partial charge is 0.0597 e. The lowest BCUT2D eigenvalue weighted by molar-refractivity contribution is 0.255. The van der Waals surface area contributed by atoms with Crippen LogP contribution in [0.5, 0.6) is 0 Å². The van der Waals surface area contributed by atoms with Gasteiger partial charge in [0.15, 0.2) is 0 Å². The second kappa shape index (κ2) is 4.33. The molecule has 1 unspecified atom stereocenters. The molecule has 1 fully saturated rings. The average molecular weight is 208 g/mol. The Morgan fingerprint density at radius 3 is 3.00 bits per heavy atom. The van der Waals surface area contributed by atoms with Crippen LogP contribution < -0.4 is 5.73 Å². The van der Waals surface area contributed by atoms with Gasteiger partial charge in [0.05, 0.1) is 17.4 Å². The van der Waals surface area contributed by atoms with Gasteiger partial charge in [-0.2, -0.15) is 5.10 Å². The molecule has 1 aromatic heterocycles. The lowest BCUT2D eigenvalue weighted by atomic mass is 10.1. The highest BCUT2D eigenvalue weighted by atomic mass is 15.3. The van der Waals surface area contributed by atoms with Crippen molar-refractivity contribution in [1.82, 2.24) is 14.7 Å². The van der Waals surface area contributed by atoms with E-state index < -0.39 is 0 Å². The largest absolute Gasteiger partial charge is 0.329 e. The number of rotatable bonds is 3. The molecule has 15 heavy (non-hydrogen) atoms. The van der Waals surface area contributed by atoms with Gasteiger partial charge in [-0.1, -0.05) is 0 Å². The van der Waals surface area contributed by atoms with E-state index in [9.17, 15) is 0 Å². The predicted molar refractivity (Wildman–Crippen MR) is 60.5 cm³/mol. The lowest BCUT2D eigenvalue weighted by Gasteiger charge is -2.23. The molecule has 0 aliphatic carbocycles. The van der Waals surface area contributed by atoms with Gasteiger partial charge in [-0.3, -0.25) is 9.58 Å². The number of likely N-dealkylation sites (tertiary alicyclic amines) is 1. The molecule has 2 rings (SSSR count). The summed E-state index contributed by atoms with van der Waals surface area (Å²) in [7, 11) is 2.03. The summed E-state index contributed by atoms with van der Waals surface area (Å²) in [6, 6.07) is 2.72. The van der Waals surface area contributed by atoms with Crippen molar-refractivity contribution >= 4 is 0 Å². The summed E-state index contributed by atoms with van der Waals surface area (Å²) in [6.45, 7) is 4.96. The number of aromatic nitrogens is 2. The van der Waals surface area contributed by atoms with Gasteiger partial charge in [-0.15, -0.1) is 0 Å². The van der Waals surface area contributed by atoms with Crippen LogP contribution in [-0.4, -0.2) is 34.3 Å². The lowest BCUT2D eigenvalue weighted by Crippen LogP contribution is -2.30. The molecule has 1 aromatic rings. The molecule has 1 aliphatic rings. The first-order chi connectivity index (χ1) is 7.22. The minimum absolute atomic E-state index is 0.528. The van der Waals surface area contributed by atoms with Gasteiger partial charge in [0.1, 0.15) is 0 Å². The maximum atomic E-state index is 5.63. The van der Waals surface area contributed by atoms with E-state index in [-0.39, 0.29) is 0 Å². The van der Waals surface area contributed by atoms with Crippen molar-refractivity contribution in [3.8, 4) is 0 Å². The molecule has 0 radical (unpaired) electrons. The molecule has 4 heteroatoms. The molecule has 4 nitrogen and oxygen atoms in total. The maximum absolute atomic E-state index is 5.63. The Balaban J connectivity index is 2.18. The van der Waals surface area contributed by atoms with Crippen LogP contribution in [0.2, 0.25) is 0 Å². The molecule has 1 saturated heterocycles. The van der Waals surface area contributed by atoms with Crippen LogP contribution in [0, 0.1) is 6.92 Å². The number of nitrogens with zero attached hydrogens (tertiary/aromatic N) is 3. The molecule has 0 spiro atoms. The van der Waals surface area contributed by atoms with Gasteiger partial charge in [-0.05, 0) is 32.4 Å². The summed E-state index contributed by atoms with van der Waals surface area (Å²) in [5.41, 5.74) is 8.06. The van der Waals surface area contributed by atoms with Gasteiger partial charge in [0.25, 0.3) is 0 Å². The summed E-state index contributed by atoms with van der Waals surface area (Å²) >= 11 is 0. The molecule has 2 N–H and O–H groups in total. The molecular weight excluding hydrogens is 188 g/mol. The molecule has 84 valence electrons. The Hall–Kier alpha value is -0.870. The van der Waals surface area contributed by atoms with E-state index in [4.69, 9.17) is 5.73 Å². The van der Waals surface area contributed by atoms with Crippen LogP contribution >= 0.6 is 0 Å². The SMILES string of the molecule is Cc1cc(C2CCCN2CCN)n(C)n1. The number of hydrogen-bond donors (Lipinski definition) is 1. The number of hydrogen-bond acceptors (Lipinski definition) is 3. The number of aryl methyl sites for hydroxylation is 2. The summed E-state index contributed by atoms with van der Waals surface area (Å²) in [6.07, 6.45) is 2.51. The first kappa shape index (κ1) is 10.6. The molecule has 0 aromatic carbocycles. The van der Waals surface area contributed by atoms with Crippen LogP contribution in [-0.2, 0) is 7.05 Å². The third-order valence-electron chi connectivity index (χ3n) is 3.16. The first-order valence-corrected chi connectivity index (χ1v) is 5.67. The van der Waals surface area contributed by atoms with Crippen LogP contribution in [0.3, 0.4) is 0 Å². The molecule has 1 atom stereocenters. The third-order valence-corrected chi connectivity index (χ3v) is 3.16. The van der Waals surface area contributed by atoms with E-state index >= 15 is 0 Å². The Morgan fingerprint density at radius 1 is 1.60 bits per heavy atom. The standard InChI is InChI=1S/C11H20N4/c1-9-8-11(14(2)13-9)10-4-3-6-15(10)7-5-12/h8,10H,3-7,12H2,1-2H3. The van der Waals surface area contributed by atoms with Crippen molar-refractivity contribution in [1.29, 1.82) is 0 Å². The Kier molecular flexibility index (Phi) is 3.07. The van der Waals surface area contributed by atoms with E-state index in [2.05, 4.69) is 16.1 Å². The molecular formula is C11H20N4. The molecule has 0 saturated carbocycles. The van der Waals surface area contributed by atoms with Gasteiger partial charge < -0.3 is 5.73 Å².